The lowest BCUT2D eigenvalue weighted by Gasteiger charge is -2.18. The first-order valence-electron chi connectivity index (χ1n) is 6.58. The lowest BCUT2D eigenvalue weighted by atomic mass is 10.1. The van der Waals surface area contributed by atoms with Gasteiger partial charge in [-0.15, -0.1) is 0 Å². The highest BCUT2D eigenvalue weighted by Crippen LogP contribution is 2.31. The van der Waals surface area contributed by atoms with Crippen LogP contribution in [-0.2, 0) is 24.3 Å². The van der Waals surface area contributed by atoms with Gasteiger partial charge >= 0.3 is 5.97 Å². The number of carbonyl (C=O) groups is 1. The van der Waals surface area contributed by atoms with E-state index in [-0.39, 0.29) is 0 Å². The lowest BCUT2D eigenvalue weighted by molar-refractivity contribution is -0.145. The monoisotopic (exact) mass is 293 g/mol. The zero-order chi connectivity index (χ0) is 14.3. The molecule has 1 fully saturated rings. The molecule has 0 spiro atoms. The quantitative estimate of drug-likeness (QED) is 0.525. The Labute approximate surface area is 114 Å². The highest BCUT2D eigenvalue weighted by molar-refractivity contribution is 7.90. The second-order valence-corrected chi connectivity index (χ2v) is 6.72. The molecule has 7 heteroatoms. The fourth-order valence-electron chi connectivity index (χ4n) is 2.41. The van der Waals surface area contributed by atoms with Gasteiger partial charge in [0.05, 0.1) is 18.3 Å². The first-order chi connectivity index (χ1) is 9.03. The Hall–Kier alpha value is -0.660. The second kappa shape index (κ2) is 7.81. The predicted octanol–water partition coefficient (Wildman–Crippen LogP) is 0.674. The molecule has 112 valence electrons. The number of unbranched alkanes of at least 4 members (excludes halogenated alkanes) is 1. The maximum Gasteiger partial charge on any atom is 0.310 e. The molecule has 19 heavy (non-hydrogen) atoms. The molecule has 0 amide bonds. The second-order valence-electron chi connectivity index (χ2n) is 4.74. The van der Waals surface area contributed by atoms with Crippen molar-refractivity contribution in [1.82, 2.24) is 4.72 Å². The van der Waals surface area contributed by atoms with Crippen LogP contribution in [0.2, 0.25) is 0 Å². The Morgan fingerprint density at radius 1 is 1.26 bits per heavy atom. The van der Waals surface area contributed by atoms with Gasteiger partial charge in [0.2, 0.25) is 10.0 Å². The minimum absolute atomic E-state index is 0.385. The van der Waals surface area contributed by atoms with E-state index < -0.39 is 27.2 Å². The summed E-state index contributed by atoms with van der Waals surface area (Å²) in [6.07, 6.45) is 3.39. The van der Waals surface area contributed by atoms with E-state index in [0.717, 1.165) is 19.3 Å². The van der Waals surface area contributed by atoms with Gasteiger partial charge in [0.1, 0.15) is 0 Å². The number of sulfonamides is 1. The van der Waals surface area contributed by atoms with Crippen molar-refractivity contribution in [3.63, 3.8) is 0 Å². The van der Waals surface area contributed by atoms with Crippen LogP contribution in [0.5, 0.6) is 0 Å². The Morgan fingerprint density at radius 2 is 2.00 bits per heavy atom. The Bertz CT molecular complexity index is 382. The van der Waals surface area contributed by atoms with E-state index in [0.29, 0.717) is 26.0 Å². The van der Waals surface area contributed by atoms with E-state index in [9.17, 15) is 13.2 Å². The van der Waals surface area contributed by atoms with Crippen LogP contribution in [0.15, 0.2) is 0 Å². The topological polar surface area (TPSA) is 81.7 Å². The summed E-state index contributed by atoms with van der Waals surface area (Å²) in [5.41, 5.74) is 0. The zero-order valence-corrected chi connectivity index (χ0v) is 12.4. The number of methoxy groups -OCH3 is 2. The van der Waals surface area contributed by atoms with Crippen LogP contribution >= 0.6 is 0 Å². The molecule has 2 unspecified atom stereocenters. The van der Waals surface area contributed by atoms with Crippen molar-refractivity contribution in [1.29, 1.82) is 0 Å². The molecular weight excluding hydrogens is 270 g/mol. The van der Waals surface area contributed by atoms with Crippen LogP contribution in [0.4, 0.5) is 0 Å². The lowest BCUT2D eigenvalue weighted by Crippen LogP contribution is -2.39. The van der Waals surface area contributed by atoms with Crippen LogP contribution < -0.4 is 4.72 Å². The first-order valence-corrected chi connectivity index (χ1v) is 8.12. The van der Waals surface area contributed by atoms with Gasteiger partial charge in [-0.2, -0.15) is 0 Å². The predicted molar refractivity (Wildman–Crippen MR) is 71.2 cm³/mol. The molecule has 0 aromatic rings. The summed E-state index contributed by atoms with van der Waals surface area (Å²) in [4.78, 5) is 11.6. The van der Waals surface area contributed by atoms with Crippen molar-refractivity contribution in [2.45, 2.75) is 37.4 Å². The number of hydrogen-bond donors (Lipinski definition) is 1. The third-order valence-electron chi connectivity index (χ3n) is 3.43. The average Bonchev–Trinajstić information content (AvgIpc) is 2.87. The highest BCUT2D eigenvalue weighted by atomic mass is 32.2. The van der Waals surface area contributed by atoms with Crippen molar-refractivity contribution in [3.8, 4) is 0 Å². The highest BCUT2D eigenvalue weighted by Gasteiger charge is 2.41. The van der Waals surface area contributed by atoms with Crippen LogP contribution in [-0.4, -0.2) is 47.0 Å². The number of hydrogen-bond acceptors (Lipinski definition) is 5. The van der Waals surface area contributed by atoms with Crippen molar-refractivity contribution in [3.05, 3.63) is 0 Å². The summed E-state index contributed by atoms with van der Waals surface area (Å²) < 4.78 is 36.4. The van der Waals surface area contributed by atoms with Crippen LogP contribution in [0.25, 0.3) is 0 Å². The first kappa shape index (κ1) is 16.4. The molecule has 1 saturated carbocycles. The molecule has 0 aliphatic heterocycles. The van der Waals surface area contributed by atoms with Gasteiger partial charge < -0.3 is 9.47 Å². The Morgan fingerprint density at radius 3 is 2.63 bits per heavy atom. The molecule has 1 rings (SSSR count). The minimum atomic E-state index is -3.44. The van der Waals surface area contributed by atoms with Crippen molar-refractivity contribution >= 4 is 16.0 Å². The normalized spacial score (nSPS) is 23.5. The van der Waals surface area contributed by atoms with Gasteiger partial charge in [-0.3, -0.25) is 4.79 Å². The maximum atomic E-state index is 12.1. The summed E-state index contributed by atoms with van der Waals surface area (Å²) in [7, 11) is -0.534. The number of ether oxygens (including phenoxy) is 2. The molecule has 0 radical (unpaired) electrons. The van der Waals surface area contributed by atoms with E-state index in [1.165, 1.54) is 7.11 Å². The molecular formula is C12H23NO5S. The standard InChI is InChI=1S/C12H23NO5S/c1-17-9-4-3-8-13-19(15,16)11-7-5-6-10(11)12(14)18-2/h10-11,13H,3-9H2,1-2H3. The zero-order valence-electron chi connectivity index (χ0n) is 11.6. The van der Waals surface area contributed by atoms with Gasteiger partial charge in [-0.1, -0.05) is 6.42 Å². The van der Waals surface area contributed by atoms with E-state index in [2.05, 4.69) is 9.46 Å². The molecule has 2 atom stereocenters. The van der Waals surface area contributed by atoms with Gasteiger partial charge in [0.25, 0.3) is 0 Å². The molecule has 0 aromatic carbocycles. The SMILES string of the molecule is COCCCCNS(=O)(=O)C1CCCC1C(=O)OC. The Kier molecular flexibility index (Phi) is 6.74. The van der Waals surface area contributed by atoms with E-state index in [1.54, 1.807) is 7.11 Å². The van der Waals surface area contributed by atoms with Crippen molar-refractivity contribution < 1.29 is 22.7 Å². The van der Waals surface area contributed by atoms with Crippen molar-refractivity contribution in [2.75, 3.05) is 27.4 Å². The molecule has 0 bridgehead atoms. The number of esters is 1. The van der Waals surface area contributed by atoms with Gasteiger partial charge in [0.15, 0.2) is 0 Å². The third kappa shape index (κ3) is 4.74. The summed E-state index contributed by atoms with van der Waals surface area (Å²) in [5.74, 6) is -0.950. The van der Waals surface area contributed by atoms with Gasteiger partial charge in [-0.25, -0.2) is 13.1 Å². The average molecular weight is 293 g/mol. The largest absolute Gasteiger partial charge is 0.469 e. The number of nitrogens with one attached hydrogen (secondary N) is 1. The van der Waals surface area contributed by atoms with Gasteiger partial charge in [-0.05, 0) is 25.7 Å². The summed E-state index contributed by atoms with van der Waals surface area (Å²) in [6.45, 7) is 1.01. The summed E-state index contributed by atoms with van der Waals surface area (Å²) in [6, 6.07) is 0. The third-order valence-corrected chi connectivity index (χ3v) is 5.40. The Balaban J connectivity index is 2.49. The summed E-state index contributed by atoms with van der Waals surface area (Å²) in [5, 5.41) is -0.651. The maximum absolute atomic E-state index is 12.1. The molecule has 6 nitrogen and oxygen atoms in total. The molecule has 1 N–H and O–H groups in total. The van der Waals surface area contributed by atoms with Crippen LogP contribution in [0.3, 0.4) is 0 Å². The minimum Gasteiger partial charge on any atom is -0.469 e. The number of carbonyl (C=O) groups excluding carboxylic acids is 1. The van der Waals surface area contributed by atoms with Gasteiger partial charge in [0, 0.05) is 20.3 Å². The van der Waals surface area contributed by atoms with E-state index in [1.807, 2.05) is 0 Å². The smallest absolute Gasteiger partial charge is 0.310 e. The van der Waals surface area contributed by atoms with Crippen LogP contribution in [0.1, 0.15) is 32.1 Å². The van der Waals surface area contributed by atoms with Crippen LogP contribution in [0, 0.1) is 5.92 Å². The molecule has 0 aromatic heterocycles. The molecule has 0 heterocycles. The number of rotatable bonds is 8. The van der Waals surface area contributed by atoms with E-state index in [4.69, 9.17) is 4.74 Å². The molecule has 1 aliphatic rings. The molecule has 1 aliphatic carbocycles. The fourth-order valence-corrected chi connectivity index (χ4v) is 4.21. The molecule has 0 saturated heterocycles. The van der Waals surface area contributed by atoms with Crippen molar-refractivity contribution in [2.24, 2.45) is 5.92 Å². The fraction of sp³-hybridized carbons (Fsp3) is 0.917. The van der Waals surface area contributed by atoms with E-state index >= 15 is 0 Å². The summed E-state index contributed by atoms with van der Waals surface area (Å²) >= 11 is 0.